The number of rotatable bonds is 4. The van der Waals surface area contributed by atoms with Gasteiger partial charge in [-0.1, -0.05) is 24.3 Å². The zero-order valence-electron chi connectivity index (χ0n) is 14.2. The molecule has 3 aromatic rings. The molecule has 8 heteroatoms. The second kappa shape index (κ2) is 6.83. The quantitative estimate of drug-likeness (QED) is 0.751. The first-order valence-corrected chi connectivity index (χ1v) is 8.34. The number of fused-ring (bicyclic) bond motifs is 1. The number of hydrogen-bond acceptors (Lipinski definition) is 5. The first-order chi connectivity index (χ1) is 12.7. The molecule has 2 heterocycles. The maximum Gasteiger partial charge on any atom is 0.319 e. The van der Waals surface area contributed by atoms with Crippen LogP contribution in [0.4, 0.5) is 10.5 Å². The lowest BCUT2D eigenvalue weighted by Gasteiger charge is -2.13. The molecular formula is C18H18N6O2. The Hall–Kier alpha value is -3.42. The molecular weight excluding hydrogens is 332 g/mol. The molecule has 0 fully saturated rings. The van der Waals surface area contributed by atoms with Crippen molar-refractivity contribution in [1.29, 1.82) is 0 Å². The zero-order valence-corrected chi connectivity index (χ0v) is 14.2. The molecule has 0 spiro atoms. The van der Waals surface area contributed by atoms with Crippen molar-refractivity contribution in [3.63, 3.8) is 0 Å². The van der Waals surface area contributed by atoms with Crippen molar-refractivity contribution in [2.24, 2.45) is 0 Å². The van der Waals surface area contributed by atoms with Crippen molar-refractivity contribution in [3.8, 4) is 11.4 Å². The summed E-state index contributed by atoms with van der Waals surface area (Å²) >= 11 is 0. The van der Waals surface area contributed by atoms with Crippen LogP contribution in [0.1, 0.15) is 11.4 Å². The normalized spacial score (nSPS) is 15.2. The highest BCUT2D eigenvalue weighted by Crippen LogP contribution is 2.27. The Labute approximate surface area is 150 Å². The molecule has 1 aromatic heterocycles. The molecule has 26 heavy (non-hydrogen) atoms. The number of nitrogens with one attached hydrogen (secondary N) is 2. The number of aryl methyl sites for hydroxylation is 1. The van der Waals surface area contributed by atoms with E-state index in [0.717, 1.165) is 17.9 Å². The van der Waals surface area contributed by atoms with Gasteiger partial charge >= 0.3 is 6.03 Å². The number of para-hydroxylation sites is 1. The zero-order chi connectivity index (χ0) is 17.9. The molecule has 2 aromatic carbocycles. The second-order valence-electron chi connectivity index (χ2n) is 6.07. The van der Waals surface area contributed by atoms with Crippen molar-refractivity contribution in [2.75, 3.05) is 11.9 Å². The third kappa shape index (κ3) is 3.34. The highest BCUT2D eigenvalue weighted by molar-refractivity contribution is 5.89. The van der Waals surface area contributed by atoms with Gasteiger partial charge in [-0.3, -0.25) is 0 Å². The number of hydrogen-bond donors (Lipinski definition) is 2. The molecule has 0 saturated carbocycles. The highest BCUT2D eigenvalue weighted by atomic mass is 16.5. The summed E-state index contributed by atoms with van der Waals surface area (Å²) in [5, 5.41) is 17.1. The Kier molecular flexibility index (Phi) is 4.22. The smallest absolute Gasteiger partial charge is 0.319 e. The number of amides is 2. The summed E-state index contributed by atoms with van der Waals surface area (Å²) in [7, 11) is 0. The number of carbonyl (C=O) groups excluding carboxylic acids is 1. The molecule has 1 aliphatic heterocycles. The van der Waals surface area contributed by atoms with Crippen LogP contribution < -0.4 is 15.4 Å². The average molecular weight is 350 g/mol. The number of nitrogens with zero attached hydrogens (tertiary/aromatic N) is 4. The van der Waals surface area contributed by atoms with E-state index in [0.29, 0.717) is 18.1 Å². The predicted octanol–water partition coefficient (Wildman–Crippen LogP) is 2.10. The predicted molar refractivity (Wildman–Crippen MR) is 95.5 cm³/mol. The molecule has 1 unspecified atom stereocenters. The fraction of sp³-hybridized carbons (Fsp3) is 0.222. The third-order valence-electron chi connectivity index (χ3n) is 4.18. The van der Waals surface area contributed by atoms with Gasteiger partial charge in [0.05, 0.1) is 12.2 Å². The summed E-state index contributed by atoms with van der Waals surface area (Å²) in [6.45, 7) is 2.25. The van der Waals surface area contributed by atoms with Gasteiger partial charge in [-0.05, 0) is 47.2 Å². The van der Waals surface area contributed by atoms with Gasteiger partial charge in [0.2, 0.25) is 0 Å². The maximum absolute atomic E-state index is 12.2. The highest BCUT2D eigenvalue weighted by Gasteiger charge is 2.22. The molecule has 1 atom stereocenters. The van der Waals surface area contributed by atoms with Crippen LogP contribution in [0.15, 0.2) is 48.5 Å². The van der Waals surface area contributed by atoms with Gasteiger partial charge in [-0.25, -0.2) is 4.79 Å². The van der Waals surface area contributed by atoms with Gasteiger partial charge in [0.25, 0.3) is 0 Å². The van der Waals surface area contributed by atoms with Crippen LogP contribution in [-0.2, 0) is 6.42 Å². The monoisotopic (exact) mass is 350 g/mol. The minimum Gasteiger partial charge on any atom is -0.488 e. The van der Waals surface area contributed by atoms with E-state index >= 15 is 0 Å². The first kappa shape index (κ1) is 16.1. The van der Waals surface area contributed by atoms with E-state index in [4.69, 9.17) is 4.74 Å². The lowest BCUT2D eigenvalue weighted by Crippen LogP contribution is -2.37. The van der Waals surface area contributed by atoms with Crippen molar-refractivity contribution >= 4 is 11.7 Å². The van der Waals surface area contributed by atoms with E-state index in [2.05, 4.69) is 26.2 Å². The molecule has 8 nitrogen and oxygen atoms in total. The van der Waals surface area contributed by atoms with Crippen molar-refractivity contribution in [3.05, 3.63) is 59.9 Å². The fourth-order valence-electron chi connectivity index (χ4n) is 2.94. The molecule has 4 rings (SSSR count). The summed E-state index contributed by atoms with van der Waals surface area (Å²) in [6, 6.07) is 15.0. The number of carbonyl (C=O) groups is 1. The van der Waals surface area contributed by atoms with Crippen LogP contribution >= 0.6 is 0 Å². The third-order valence-corrected chi connectivity index (χ3v) is 4.18. The van der Waals surface area contributed by atoms with Crippen LogP contribution in [0.5, 0.6) is 5.75 Å². The summed E-state index contributed by atoms with van der Waals surface area (Å²) in [4.78, 5) is 12.2. The Bertz CT molecular complexity index is 914. The molecule has 1 aliphatic rings. The molecule has 0 radical (unpaired) electrons. The SMILES string of the molecule is Cc1nnnn1-c1cccc(NC(=O)NCC2Cc3ccccc3O2)c1. The Morgan fingerprint density at radius 3 is 2.96 bits per heavy atom. The molecule has 2 amide bonds. The van der Waals surface area contributed by atoms with Gasteiger partial charge < -0.3 is 15.4 Å². The number of ether oxygens (including phenoxy) is 1. The minimum atomic E-state index is -0.282. The number of aromatic nitrogens is 4. The molecule has 132 valence electrons. The van der Waals surface area contributed by atoms with Gasteiger partial charge in [0.1, 0.15) is 11.9 Å². The van der Waals surface area contributed by atoms with E-state index in [1.165, 1.54) is 5.56 Å². The summed E-state index contributed by atoms with van der Waals surface area (Å²) in [5.74, 6) is 1.56. The fourth-order valence-corrected chi connectivity index (χ4v) is 2.94. The molecule has 0 bridgehead atoms. The summed E-state index contributed by atoms with van der Waals surface area (Å²) < 4.78 is 7.42. The molecule has 0 saturated heterocycles. The molecule has 0 aliphatic carbocycles. The van der Waals surface area contributed by atoms with E-state index < -0.39 is 0 Å². The lowest BCUT2D eigenvalue weighted by atomic mass is 10.1. The van der Waals surface area contributed by atoms with Gasteiger partial charge in [-0.15, -0.1) is 5.10 Å². The Morgan fingerprint density at radius 1 is 1.27 bits per heavy atom. The van der Waals surface area contributed by atoms with E-state index in [1.54, 1.807) is 4.68 Å². The van der Waals surface area contributed by atoms with Gasteiger partial charge in [0.15, 0.2) is 5.82 Å². The Morgan fingerprint density at radius 2 is 2.15 bits per heavy atom. The average Bonchev–Trinajstić information content (AvgIpc) is 3.25. The number of tetrazole rings is 1. The lowest BCUT2D eigenvalue weighted by molar-refractivity contribution is 0.219. The molecule has 2 N–H and O–H groups in total. The van der Waals surface area contributed by atoms with Crippen LogP contribution in [0.2, 0.25) is 0 Å². The largest absolute Gasteiger partial charge is 0.488 e. The van der Waals surface area contributed by atoms with E-state index in [-0.39, 0.29) is 12.1 Å². The number of benzene rings is 2. The van der Waals surface area contributed by atoms with Crippen LogP contribution in [0.3, 0.4) is 0 Å². The maximum atomic E-state index is 12.2. The topological polar surface area (TPSA) is 94.0 Å². The summed E-state index contributed by atoms with van der Waals surface area (Å²) in [6.07, 6.45) is 0.748. The van der Waals surface area contributed by atoms with Gasteiger partial charge in [-0.2, -0.15) is 4.68 Å². The van der Waals surface area contributed by atoms with Crippen molar-refractivity contribution in [1.82, 2.24) is 25.5 Å². The van der Waals surface area contributed by atoms with Crippen LogP contribution in [0, 0.1) is 6.92 Å². The minimum absolute atomic E-state index is 0.0478. The van der Waals surface area contributed by atoms with E-state index in [9.17, 15) is 4.79 Å². The van der Waals surface area contributed by atoms with E-state index in [1.807, 2.05) is 55.5 Å². The van der Waals surface area contributed by atoms with Gasteiger partial charge in [0, 0.05) is 12.1 Å². The Balaban J connectivity index is 1.34. The van der Waals surface area contributed by atoms with Crippen LogP contribution in [-0.4, -0.2) is 38.9 Å². The standard InChI is InChI=1S/C18H18N6O2/c1-12-21-22-23-24(12)15-7-4-6-14(10-15)20-18(25)19-11-16-9-13-5-2-3-8-17(13)26-16/h2-8,10,16H,9,11H2,1H3,(H2,19,20,25). The van der Waals surface area contributed by atoms with Crippen LogP contribution in [0.25, 0.3) is 5.69 Å². The second-order valence-corrected chi connectivity index (χ2v) is 6.07. The van der Waals surface area contributed by atoms with Crippen molar-refractivity contribution < 1.29 is 9.53 Å². The first-order valence-electron chi connectivity index (χ1n) is 8.34. The van der Waals surface area contributed by atoms with Crippen molar-refractivity contribution in [2.45, 2.75) is 19.4 Å². The summed E-state index contributed by atoms with van der Waals surface area (Å²) in [5.41, 5.74) is 2.61. The number of anilines is 1. The number of urea groups is 1.